The van der Waals surface area contributed by atoms with Crippen LogP contribution in [0.3, 0.4) is 0 Å². The van der Waals surface area contributed by atoms with Crippen LogP contribution in [0.4, 0.5) is 5.69 Å². The van der Waals surface area contributed by atoms with Gasteiger partial charge in [0.15, 0.2) is 6.17 Å². The number of methoxy groups -OCH3 is 1. The van der Waals surface area contributed by atoms with Crippen molar-refractivity contribution in [3.05, 3.63) is 29.3 Å². The van der Waals surface area contributed by atoms with E-state index >= 15 is 0 Å². The van der Waals surface area contributed by atoms with E-state index in [9.17, 15) is 0 Å². The van der Waals surface area contributed by atoms with Gasteiger partial charge in [-0.25, -0.2) is 4.99 Å². The zero-order valence-electron chi connectivity index (χ0n) is 14.0. The van der Waals surface area contributed by atoms with E-state index in [1.54, 1.807) is 0 Å². The molecule has 124 valence electrons. The topological polar surface area (TPSA) is 86.0 Å². The van der Waals surface area contributed by atoms with Crippen LogP contribution in [0.15, 0.2) is 28.2 Å². The van der Waals surface area contributed by atoms with E-state index in [1.165, 1.54) is 18.4 Å². The molecule has 1 fully saturated rings. The van der Waals surface area contributed by atoms with Gasteiger partial charge in [0.1, 0.15) is 5.84 Å². The normalized spacial score (nSPS) is 27.7. The fourth-order valence-corrected chi connectivity index (χ4v) is 3.57. The van der Waals surface area contributed by atoms with Gasteiger partial charge in [0.05, 0.1) is 11.8 Å². The molecule has 5 nitrogen and oxygen atoms in total. The van der Waals surface area contributed by atoms with Crippen molar-refractivity contribution in [3.8, 4) is 0 Å². The molecule has 0 radical (unpaired) electrons. The SMILES string of the molecule is CO[C@H]1CC[C@@H](Cc2ccc(N)cc2C2N=C(C)C(N)=N2)CC1. The first-order valence-electron chi connectivity index (χ1n) is 8.36. The van der Waals surface area contributed by atoms with Gasteiger partial charge in [0.25, 0.3) is 0 Å². The molecule has 23 heavy (non-hydrogen) atoms. The highest BCUT2D eigenvalue weighted by atomic mass is 16.5. The Kier molecular flexibility index (Phi) is 4.66. The predicted molar refractivity (Wildman–Crippen MR) is 94.8 cm³/mol. The molecule has 2 aliphatic rings. The van der Waals surface area contributed by atoms with Crippen molar-refractivity contribution in [2.24, 2.45) is 21.6 Å². The van der Waals surface area contributed by atoms with E-state index in [0.717, 1.165) is 36.2 Å². The number of nitrogen functional groups attached to an aromatic ring is 1. The summed E-state index contributed by atoms with van der Waals surface area (Å²) >= 11 is 0. The minimum atomic E-state index is -0.233. The third-order valence-corrected chi connectivity index (χ3v) is 5.03. The zero-order chi connectivity index (χ0) is 16.4. The maximum atomic E-state index is 5.99. The standard InChI is InChI=1S/C18H26N4O/c1-11-17(20)22-18(21-11)16-10-14(19)6-5-13(16)9-12-3-7-15(23-2)8-4-12/h5-6,10,12,15,18H,3-4,7-9,19H2,1-2H3,(H2,20,22)/t12-,15+,18?. The van der Waals surface area contributed by atoms with Crippen LogP contribution in [0.2, 0.25) is 0 Å². The Morgan fingerprint density at radius 1 is 1.13 bits per heavy atom. The second-order valence-corrected chi connectivity index (χ2v) is 6.64. The lowest BCUT2D eigenvalue weighted by Crippen LogP contribution is -2.22. The van der Waals surface area contributed by atoms with Crippen LogP contribution >= 0.6 is 0 Å². The fourth-order valence-electron chi connectivity index (χ4n) is 3.57. The van der Waals surface area contributed by atoms with Crippen LogP contribution < -0.4 is 11.5 Å². The summed E-state index contributed by atoms with van der Waals surface area (Å²) in [6.45, 7) is 1.90. The lowest BCUT2D eigenvalue weighted by Gasteiger charge is -2.28. The van der Waals surface area contributed by atoms with Crippen LogP contribution in [-0.2, 0) is 11.2 Å². The highest BCUT2D eigenvalue weighted by Crippen LogP contribution is 2.33. The second kappa shape index (κ2) is 6.71. The van der Waals surface area contributed by atoms with Crippen molar-refractivity contribution in [1.82, 2.24) is 0 Å². The maximum Gasteiger partial charge on any atom is 0.168 e. The fraction of sp³-hybridized carbons (Fsp3) is 0.556. The van der Waals surface area contributed by atoms with Crippen molar-refractivity contribution >= 4 is 17.2 Å². The Balaban J connectivity index is 1.78. The van der Waals surface area contributed by atoms with Gasteiger partial charge in [-0.15, -0.1) is 0 Å². The molecule has 1 aliphatic heterocycles. The summed E-state index contributed by atoms with van der Waals surface area (Å²) in [5.41, 5.74) is 15.8. The molecule has 1 unspecified atom stereocenters. The van der Waals surface area contributed by atoms with Crippen molar-refractivity contribution in [2.45, 2.75) is 51.3 Å². The summed E-state index contributed by atoms with van der Waals surface area (Å²) in [5, 5.41) is 0. The third kappa shape index (κ3) is 3.55. The van der Waals surface area contributed by atoms with Gasteiger partial charge in [-0.05, 0) is 62.6 Å². The number of amidine groups is 1. The Bertz CT molecular complexity index is 612. The minimum absolute atomic E-state index is 0.233. The van der Waals surface area contributed by atoms with Crippen LogP contribution in [-0.4, -0.2) is 24.8 Å². The van der Waals surface area contributed by atoms with E-state index in [1.807, 2.05) is 26.2 Å². The number of rotatable bonds is 4. The number of anilines is 1. The Morgan fingerprint density at radius 3 is 2.48 bits per heavy atom. The summed E-state index contributed by atoms with van der Waals surface area (Å²) in [4.78, 5) is 9.05. The summed E-state index contributed by atoms with van der Waals surface area (Å²) in [7, 11) is 1.81. The first-order chi connectivity index (χ1) is 11.1. The first kappa shape index (κ1) is 16.0. The second-order valence-electron chi connectivity index (χ2n) is 6.64. The van der Waals surface area contributed by atoms with E-state index in [2.05, 4.69) is 16.1 Å². The van der Waals surface area contributed by atoms with Gasteiger partial charge in [-0.3, -0.25) is 4.99 Å². The molecule has 0 amide bonds. The predicted octanol–water partition coefficient (Wildman–Crippen LogP) is 2.85. The minimum Gasteiger partial charge on any atom is -0.399 e. The van der Waals surface area contributed by atoms with Crippen molar-refractivity contribution < 1.29 is 4.74 Å². The molecule has 0 aromatic heterocycles. The number of hydrogen-bond acceptors (Lipinski definition) is 5. The smallest absolute Gasteiger partial charge is 0.168 e. The average Bonchev–Trinajstić information content (AvgIpc) is 2.89. The third-order valence-electron chi connectivity index (χ3n) is 5.03. The summed E-state index contributed by atoms with van der Waals surface area (Å²) < 4.78 is 5.47. The molecule has 5 heteroatoms. The summed E-state index contributed by atoms with van der Waals surface area (Å²) in [5.74, 6) is 1.22. The lowest BCUT2D eigenvalue weighted by molar-refractivity contribution is 0.0568. The van der Waals surface area contributed by atoms with E-state index in [0.29, 0.717) is 17.9 Å². The Morgan fingerprint density at radius 2 is 1.87 bits per heavy atom. The van der Waals surface area contributed by atoms with Gasteiger partial charge >= 0.3 is 0 Å². The molecule has 1 saturated carbocycles. The Labute approximate surface area is 137 Å². The molecule has 3 rings (SSSR count). The van der Waals surface area contributed by atoms with Crippen LogP contribution in [0.1, 0.15) is 49.9 Å². The molecule has 0 spiro atoms. The van der Waals surface area contributed by atoms with Crippen LogP contribution in [0, 0.1) is 5.92 Å². The monoisotopic (exact) mass is 314 g/mol. The molecule has 0 bridgehead atoms. The number of aliphatic imine (C=N–C) groups is 2. The summed E-state index contributed by atoms with van der Waals surface area (Å²) in [6, 6.07) is 6.10. The van der Waals surface area contributed by atoms with Crippen molar-refractivity contribution in [2.75, 3.05) is 12.8 Å². The van der Waals surface area contributed by atoms with E-state index in [-0.39, 0.29) is 6.17 Å². The highest BCUT2D eigenvalue weighted by Gasteiger charge is 2.25. The van der Waals surface area contributed by atoms with E-state index < -0.39 is 0 Å². The largest absolute Gasteiger partial charge is 0.399 e. The number of hydrogen-bond donors (Lipinski definition) is 2. The van der Waals surface area contributed by atoms with Gasteiger partial charge < -0.3 is 16.2 Å². The molecule has 1 atom stereocenters. The lowest BCUT2D eigenvalue weighted by atomic mass is 9.82. The molecule has 1 aliphatic carbocycles. The van der Waals surface area contributed by atoms with Crippen LogP contribution in [0.25, 0.3) is 0 Å². The quantitative estimate of drug-likeness (QED) is 0.838. The number of nitrogens with two attached hydrogens (primary N) is 2. The highest BCUT2D eigenvalue weighted by molar-refractivity contribution is 6.41. The number of benzene rings is 1. The number of ether oxygens (including phenoxy) is 1. The van der Waals surface area contributed by atoms with Gasteiger partial charge in [-0.2, -0.15) is 0 Å². The maximum absolute atomic E-state index is 5.99. The average molecular weight is 314 g/mol. The molecule has 0 saturated heterocycles. The first-order valence-corrected chi connectivity index (χ1v) is 8.36. The van der Waals surface area contributed by atoms with Crippen LogP contribution in [0.5, 0.6) is 0 Å². The van der Waals surface area contributed by atoms with Crippen molar-refractivity contribution in [1.29, 1.82) is 0 Å². The van der Waals surface area contributed by atoms with Gasteiger partial charge in [0.2, 0.25) is 0 Å². The molecule has 4 N–H and O–H groups in total. The van der Waals surface area contributed by atoms with Crippen molar-refractivity contribution in [3.63, 3.8) is 0 Å². The molecular weight excluding hydrogens is 288 g/mol. The van der Waals surface area contributed by atoms with E-state index in [4.69, 9.17) is 16.2 Å². The summed E-state index contributed by atoms with van der Waals surface area (Å²) in [6.07, 6.45) is 5.97. The molecular formula is C18H26N4O. The zero-order valence-corrected chi connectivity index (χ0v) is 14.0. The molecule has 1 heterocycles. The molecule has 1 aromatic carbocycles. The number of nitrogens with zero attached hydrogens (tertiary/aromatic N) is 2. The van der Waals surface area contributed by atoms with Gasteiger partial charge in [-0.1, -0.05) is 6.07 Å². The molecule has 1 aromatic rings. The Hall–Kier alpha value is -1.88. The van der Waals surface area contributed by atoms with Gasteiger partial charge in [0, 0.05) is 18.4 Å².